The van der Waals surface area contributed by atoms with Gasteiger partial charge in [0.05, 0.1) is 12.8 Å². The lowest BCUT2D eigenvalue weighted by molar-refractivity contribution is -0.112. The molecule has 2 aromatic carbocycles. The molecule has 0 saturated heterocycles. The van der Waals surface area contributed by atoms with Crippen molar-refractivity contribution < 1.29 is 14.3 Å². The zero-order chi connectivity index (χ0) is 20.1. The molecule has 2 aromatic rings. The molecular formula is C24H24BrNO3. The molecule has 5 rings (SSSR count). The second-order valence-electron chi connectivity index (χ2n) is 8.33. The largest absolute Gasteiger partial charge is 0.493 e. The zero-order valence-corrected chi connectivity index (χ0v) is 18.2. The van der Waals surface area contributed by atoms with E-state index in [2.05, 4.69) is 15.9 Å². The van der Waals surface area contributed by atoms with Gasteiger partial charge in [-0.25, -0.2) is 0 Å². The van der Waals surface area contributed by atoms with E-state index >= 15 is 0 Å². The van der Waals surface area contributed by atoms with Gasteiger partial charge in [-0.2, -0.15) is 0 Å². The van der Waals surface area contributed by atoms with E-state index in [1.165, 1.54) is 19.3 Å². The molecule has 29 heavy (non-hydrogen) atoms. The van der Waals surface area contributed by atoms with Crippen LogP contribution in [0.2, 0.25) is 0 Å². The first kappa shape index (κ1) is 18.7. The molecular weight excluding hydrogens is 430 g/mol. The van der Waals surface area contributed by atoms with E-state index in [1.807, 2.05) is 49.5 Å². The molecule has 2 fully saturated rings. The molecule has 5 heteroatoms. The minimum atomic E-state index is 0.00416. The minimum Gasteiger partial charge on any atom is -0.493 e. The number of methoxy groups -OCH3 is 1. The van der Waals surface area contributed by atoms with Gasteiger partial charge < -0.3 is 14.4 Å². The Bertz CT molecular complexity index is 1020. The van der Waals surface area contributed by atoms with Gasteiger partial charge in [0, 0.05) is 22.7 Å². The van der Waals surface area contributed by atoms with Crippen molar-refractivity contribution in [3.05, 3.63) is 52.0 Å². The van der Waals surface area contributed by atoms with Gasteiger partial charge in [-0.1, -0.05) is 22.0 Å². The summed E-state index contributed by atoms with van der Waals surface area (Å²) < 4.78 is 12.9. The number of anilines is 1. The summed E-state index contributed by atoms with van der Waals surface area (Å²) in [6.07, 6.45) is 7.28. The standard InChI is InChI=1S/C24H24BrNO3/c1-26-20-7-6-17(25)13-18(20)19(24(26)27)10-15-4-8-21(28-2)23(12-15)29-22-11-14-3-5-16(22)9-14/h4,6-8,10,12-14,16,22H,3,5,9,11H2,1-2H3/b19-10-/t14-,16+,22+/m1/s1. The molecule has 0 aromatic heterocycles. The third-order valence-electron chi connectivity index (χ3n) is 6.60. The number of fused-ring (bicyclic) bond motifs is 3. The summed E-state index contributed by atoms with van der Waals surface area (Å²) in [7, 11) is 3.48. The normalized spacial score (nSPS) is 26.3. The molecule has 150 valence electrons. The average molecular weight is 454 g/mol. The first-order valence-corrected chi connectivity index (χ1v) is 11.0. The fourth-order valence-electron chi connectivity index (χ4n) is 5.10. The smallest absolute Gasteiger partial charge is 0.258 e. The molecule has 1 amide bonds. The van der Waals surface area contributed by atoms with Crippen molar-refractivity contribution in [2.24, 2.45) is 11.8 Å². The van der Waals surface area contributed by atoms with E-state index in [-0.39, 0.29) is 12.0 Å². The number of likely N-dealkylation sites (N-methyl/N-ethyl adjacent to an activating group) is 1. The monoisotopic (exact) mass is 453 g/mol. The van der Waals surface area contributed by atoms with E-state index in [9.17, 15) is 4.79 Å². The van der Waals surface area contributed by atoms with Crippen LogP contribution < -0.4 is 14.4 Å². The van der Waals surface area contributed by atoms with Gasteiger partial charge in [-0.3, -0.25) is 4.79 Å². The number of hydrogen-bond donors (Lipinski definition) is 0. The Kier molecular flexibility index (Phi) is 4.66. The van der Waals surface area contributed by atoms with Gasteiger partial charge in [0.15, 0.2) is 11.5 Å². The summed E-state index contributed by atoms with van der Waals surface area (Å²) >= 11 is 3.52. The van der Waals surface area contributed by atoms with Crippen molar-refractivity contribution in [1.82, 2.24) is 0 Å². The van der Waals surface area contributed by atoms with Crippen molar-refractivity contribution in [2.45, 2.75) is 31.8 Å². The number of nitrogens with zero attached hydrogens (tertiary/aromatic N) is 1. The molecule has 0 spiro atoms. The lowest BCUT2D eigenvalue weighted by atomic mass is 9.97. The first-order chi connectivity index (χ1) is 14.0. The topological polar surface area (TPSA) is 38.8 Å². The van der Waals surface area contributed by atoms with E-state index < -0.39 is 0 Å². The van der Waals surface area contributed by atoms with Crippen LogP contribution in [-0.2, 0) is 4.79 Å². The van der Waals surface area contributed by atoms with Gasteiger partial charge >= 0.3 is 0 Å². The summed E-state index contributed by atoms with van der Waals surface area (Å²) in [5, 5.41) is 0. The van der Waals surface area contributed by atoms with Crippen LogP contribution >= 0.6 is 15.9 Å². The predicted molar refractivity (Wildman–Crippen MR) is 118 cm³/mol. The maximum atomic E-state index is 12.8. The quantitative estimate of drug-likeness (QED) is 0.570. The average Bonchev–Trinajstić information content (AvgIpc) is 3.39. The molecule has 2 saturated carbocycles. The molecule has 1 aliphatic heterocycles. The number of amides is 1. The highest BCUT2D eigenvalue weighted by atomic mass is 79.9. The second kappa shape index (κ2) is 7.21. The van der Waals surface area contributed by atoms with E-state index in [0.29, 0.717) is 11.5 Å². The highest BCUT2D eigenvalue weighted by molar-refractivity contribution is 9.10. The van der Waals surface area contributed by atoms with Crippen molar-refractivity contribution >= 4 is 39.2 Å². The molecule has 1 heterocycles. The summed E-state index contributed by atoms with van der Waals surface area (Å²) in [4.78, 5) is 14.5. The fourth-order valence-corrected chi connectivity index (χ4v) is 5.46. The molecule has 4 nitrogen and oxygen atoms in total. The predicted octanol–water partition coefficient (Wildman–Crippen LogP) is 5.54. The number of halogens is 1. The molecule has 3 atom stereocenters. The number of carbonyl (C=O) groups is 1. The zero-order valence-electron chi connectivity index (χ0n) is 16.7. The van der Waals surface area contributed by atoms with Crippen LogP contribution in [0, 0.1) is 11.8 Å². The Balaban J connectivity index is 1.49. The lowest BCUT2D eigenvalue weighted by Gasteiger charge is -2.24. The van der Waals surface area contributed by atoms with Crippen molar-refractivity contribution in [1.29, 1.82) is 0 Å². The van der Waals surface area contributed by atoms with Crippen LogP contribution in [0.15, 0.2) is 40.9 Å². The molecule has 2 aliphatic carbocycles. The van der Waals surface area contributed by atoms with Crippen molar-refractivity contribution in [3.63, 3.8) is 0 Å². The van der Waals surface area contributed by atoms with Gasteiger partial charge in [0.1, 0.15) is 6.10 Å². The molecule has 0 N–H and O–H groups in total. The van der Waals surface area contributed by atoms with Crippen molar-refractivity contribution in [3.8, 4) is 11.5 Å². The second-order valence-corrected chi connectivity index (χ2v) is 9.24. The van der Waals surface area contributed by atoms with Crippen LogP contribution in [0.1, 0.15) is 36.8 Å². The van der Waals surface area contributed by atoms with E-state index in [4.69, 9.17) is 9.47 Å². The van der Waals surface area contributed by atoms with Crippen LogP contribution in [0.25, 0.3) is 11.6 Å². The van der Waals surface area contributed by atoms with E-state index in [1.54, 1.807) is 12.0 Å². The molecule has 0 radical (unpaired) electrons. The summed E-state index contributed by atoms with van der Waals surface area (Å²) in [5.74, 6) is 3.01. The maximum absolute atomic E-state index is 12.8. The highest BCUT2D eigenvalue weighted by Crippen LogP contribution is 2.47. The van der Waals surface area contributed by atoms with Crippen LogP contribution in [0.5, 0.6) is 11.5 Å². The van der Waals surface area contributed by atoms with Crippen LogP contribution in [0.3, 0.4) is 0 Å². The van der Waals surface area contributed by atoms with Crippen molar-refractivity contribution in [2.75, 3.05) is 19.1 Å². The molecule has 2 bridgehead atoms. The van der Waals surface area contributed by atoms with E-state index in [0.717, 1.165) is 45.1 Å². The maximum Gasteiger partial charge on any atom is 0.258 e. The number of carbonyl (C=O) groups excluding carboxylic acids is 1. The van der Waals surface area contributed by atoms with Crippen LogP contribution in [-0.4, -0.2) is 26.2 Å². The highest BCUT2D eigenvalue weighted by Gasteiger charge is 2.41. The molecule has 3 aliphatic rings. The SMILES string of the molecule is COc1ccc(/C=C2\C(=O)N(C)c3ccc(Br)cc32)cc1O[C@H]1C[C@@H]2CC[C@H]1C2. The Morgan fingerprint density at radius 2 is 1.97 bits per heavy atom. The van der Waals surface area contributed by atoms with Gasteiger partial charge in [0.2, 0.25) is 0 Å². The van der Waals surface area contributed by atoms with Gasteiger partial charge in [-0.05, 0) is 79.5 Å². The Morgan fingerprint density at radius 1 is 1.10 bits per heavy atom. The number of rotatable bonds is 4. The number of ether oxygens (including phenoxy) is 2. The fraction of sp³-hybridized carbons (Fsp3) is 0.375. The Labute approximate surface area is 179 Å². The molecule has 0 unspecified atom stereocenters. The van der Waals surface area contributed by atoms with Gasteiger partial charge in [-0.15, -0.1) is 0 Å². The summed E-state index contributed by atoms with van der Waals surface area (Å²) in [6.45, 7) is 0. The lowest BCUT2D eigenvalue weighted by Crippen LogP contribution is -2.23. The number of benzene rings is 2. The number of hydrogen-bond acceptors (Lipinski definition) is 3. The van der Waals surface area contributed by atoms with Gasteiger partial charge in [0.25, 0.3) is 5.91 Å². The Morgan fingerprint density at radius 3 is 2.69 bits per heavy atom. The summed E-state index contributed by atoms with van der Waals surface area (Å²) in [6, 6.07) is 11.8. The van der Waals surface area contributed by atoms with Crippen LogP contribution in [0.4, 0.5) is 5.69 Å². The minimum absolute atomic E-state index is 0.00416. The third-order valence-corrected chi connectivity index (χ3v) is 7.09. The Hall–Kier alpha value is -2.27. The third kappa shape index (κ3) is 3.25. The summed E-state index contributed by atoms with van der Waals surface area (Å²) in [5.41, 5.74) is 3.50. The first-order valence-electron chi connectivity index (χ1n) is 10.2.